The van der Waals surface area contributed by atoms with Crippen LogP contribution < -0.4 is 0 Å². The Morgan fingerprint density at radius 3 is 2.25 bits per heavy atom. The maximum atomic E-state index is 15.1. The van der Waals surface area contributed by atoms with Crippen LogP contribution in [0, 0.1) is 5.82 Å². The molecule has 0 nitrogen and oxygen atoms in total. The van der Waals surface area contributed by atoms with E-state index < -0.39 is 0 Å². The molecule has 118 valence electrons. The van der Waals surface area contributed by atoms with E-state index in [9.17, 15) is 0 Å². The molecule has 0 amide bonds. The maximum absolute atomic E-state index is 15.1. The maximum Gasteiger partial charge on any atom is 0.138 e. The summed E-state index contributed by atoms with van der Waals surface area (Å²) >= 11 is 5.93. The van der Waals surface area contributed by atoms with Crippen LogP contribution in [0.5, 0.6) is 0 Å². The molecule has 0 bridgehead atoms. The van der Waals surface area contributed by atoms with E-state index in [0.717, 1.165) is 28.1 Å². The molecule has 4 aromatic rings. The van der Waals surface area contributed by atoms with Crippen LogP contribution >= 0.6 is 11.6 Å². The molecule has 0 heterocycles. The zero-order valence-electron chi connectivity index (χ0n) is 13.3. The van der Waals surface area contributed by atoms with Crippen molar-refractivity contribution in [2.24, 2.45) is 0 Å². The first-order valence-corrected chi connectivity index (χ1v) is 8.45. The van der Waals surface area contributed by atoms with Crippen LogP contribution in [0.3, 0.4) is 0 Å². The van der Waals surface area contributed by atoms with E-state index in [0.29, 0.717) is 16.0 Å². The average Bonchev–Trinajstić information content (AvgIpc) is 2.62. The highest BCUT2D eigenvalue weighted by Gasteiger charge is 2.11. The summed E-state index contributed by atoms with van der Waals surface area (Å²) in [6, 6.07) is 21.4. The minimum absolute atomic E-state index is 0.184. The molecule has 0 saturated carbocycles. The quantitative estimate of drug-likeness (QED) is 0.346. The Morgan fingerprint density at radius 2 is 1.50 bits per heavy atom. The van der Waals surface area contributed by atoms with Gasteiger partial charge in [-0.25, -0.2) is 4.39 Å². The summed E-state index contributed by atoms with van der Waals surface area (Å²) in [5.41, 5.74) is 2.73. The molecule has 24 heavy (non-hydrogen) atoms. The van der Waals surface area contributed by atoms with Crippen molar-refractivity contribution >= 4 is 33.1 Å². The van der Waals surface area contributed by atoms with E-state index in [1.807, 2.05) is 36.4 Å². The van der Waals surface area contributed by atoms with Gasteiger partial charge in [0.25, 0.3) is 0 Å². The summed E-state index contributed by atoms with van der Waals surface area (Å²) in [5.74, 6) is -0.184. The van der Waals surface area contributed by atoms with Gasteiger partial charge in [-0.05, 0) is 45.8 Å². The highest BCUT2D eigenvalue weighted by molar-refractivity contribution is 6.30. The second-order valence-corrected chi connectivity index (χ2v) is 6.44. The van der Waals surface area contributed by atoms with Crippen LogP contribution in [0.2, 0.25) is 5.02 Å². The van der Waals surface area contributed by atoms with Crippen molar-refractivity contribution in [3.8, 4) is 11.1 Å². The van der Waals surface area contributed by atoms with Crippen molar-refractivity contribution in [2.75, 3.05) is 0 Å². The first-order chi connectivity index (χ1) is 11.7. The first kappa shape index (κ1) is 15.2. The van der Waals surface area contributed by atoms with Crippen LogP contribution in [0.15, 0.2) is 66.7 Å². The molecule has 0 unspecified atom stereocenters. The molecule has 4 rings (SSSR count). The predicted molar refractivity (Wildman–Crippen MR) is 101 cm³/mol. The summed E-state index contributed by atoms with van der Waals surface area (Å²) in [4.78, 5) is 0. The zero-order valence-corrected chi connectivity index (χ0v) is 14.1. The zero-order chi connectivity index (χ0) is 16.7. The van der Waals surface area contributed by atoms with Crippen LogP contribution in [-0.4, -0.2) is 0 Å². The molecule has 0 aliphatic heterocycles. The van der Waals surface area contributed by atoms with Gasteiger partial charge in [0.1, 0.15) is 5.82 Å². The van der Waals surface area contributed by atoms with Crippen LogP contribution in [0.25, 0.3) is 32.7 Å². The van der Waals surface area contributed by atoms with Gasteiger partial charge in [-0.15, -0.1) is 0 Å². The number of aryl methyl sites for hydroxylation is 1. The third-order valence-corrected chi connectivity index (χ3v) is 4.83. The topological polar surface area (TPSA) is 0 Å². The monoisotopic (exact) mass is 334 g/mol. The number of halogens is 2. The van der Waals surface area contributed by atoms with Gasteiger partial charge in [0.15, 0.2) is 0 Å². The van der Waals surface area contributed by atoms with Gasteiger partial charge in [0, 0.05) is 16.0 Å². The number of hydrogen-bond acceptors (Lipinski definition) is 0. The van der Waals surface area contributed by atoms with Gasteiger partial charge >= 0.3 is 0 Å². The van der Waals surface area contributed by atoms with Crippen LogP contribution in [-0.2, 0) is 6.42 Å². The molecule has 0 N–H and O–H groups in total. The number of fused-ring (bicyclic) bond motifs is 3. The molecule has 0 spiro atoms. The molecule has 0 radical (unpaired) electrons. The standard InChI is InChI=1S/C22H16ClF/c1-2-14-3-9-18-16(13-14)6-10-21-20(18)12-11-19(22(21)24)15-4-7-17(23)8-5-15/h3-13H,2H2,1H3. The summed E-state index contributed by atoms with van der Waals surface area (Å²) in [7, 11) is 0. The minimum atomic E-state index is -0.184. The Kier molecular flexibility index (Phi) is 3.74. The van der Waals surface area contributed by atoms with Gasteiger partial charge in [0.2, 0.25) is 0 Å². The third kappa shape index (κ3) is 2.46. The normalized spacial score (nSPS) is 11.3. The van der Waals surface area contributed by atoms with Gasteiger partial charge < -0.3 is 0 Å². The lowest BCUT2D eigenvalue weighted by molar-refractivity contribution is 0.643. The van der Waals surface area contributed by atoms with Gasteiger partial charge in [-0.3, -0.25) is 0 Å². The Hall–Kier alpha value is -2.38. The van der Waals surface area contributed by atoms with Crippen molar-refractivity contribution in [3.05, 3.63) is 83.1 Å². The van der Waals surface area contributed by atoms with Crippen molar-refractivity contribution in [1.82, 2.24) is 0 Å². The van der Waals surface area contributed by atoms with E-state index in [1.54, 1.807) is 12.1 Å². The van der Waals surface area contributed by atoms with Crippen LogP contribution in [0.1, 0.15) is 12.5 Å². The fraction of sp³-hybridized carbons (Fsp3) is 0.0909. The lowest BCUT2D eigenvalue weighted by Crippen LogP contribution is -1.89. The minimum Gasteiger partial charge on any atom is -0.206 e. The molecule has 4 aromatic carbocycles. The molecule has 0 aromatic heterocycles. The highest BCUT2D eigenvalue weighted by atomic mass is 35.5. The lowest BCUT2D eigenvalue weighted by atomic mass is 9.95. The molecule has 0 atom stereocenters. The summed E-state index contributed by atoms with van der Waals surface area (Å²) in [6.45, 7) is 2.14. The molecule has 0 fully saturated rings. The average molecular weight is 335 g/mol. The van der Waals surface area contributed by atoms with Crippen LogP contribution in [0.4, 0.5) is 4.39 Å². The van der Waals surface area contributed by atoms with Crippen molar-refractivity contribution in [1.29, 1.82) is 0 Å². The van der Waals surface area contributed by atoms with E-state index in [-0.39, 0.29) is 5.82 Å². The fourth-order valence-electron chi connectivity index (χ4n) is 3.23. The summed E-state index contributed by atoms with van der Waals surface area (Å²) in [5, 5.41) is 4.49. The number of benzene rings is 4. The van der Waals surface area contributed by atoms with E-state index in [1.165, 1.54) is 5.56 Å². The van der Waals surface area contributed by atoms with Crippen molar-refractivity contribution in [2.45, 2.75) is 13.3 Å². The fourth-order valence-corrected chi connectivity index (χ4v) is 3.36. The van der Waals surface area contributed by atoms with Crippen molar-refractivity contribution in [3.63, 3.8) is 0 Å². The van der Waals surface area contributed by atoms with E-state index >= 15 is 4.39 Å². The first-order valence-electron chi connectivity index (χ1n) is 8.07. The Morgan fingerprint density at radius 1 is 0.792 bits per heavy atom. The second-order valence-electron chi connectivity index (χ2n) is 6.00. The Balaban J connectivity index is 1.96. The highest BCUT2D eigenvalue weighted by Crippen LogP contribution is 2.33. The molecule has 0 saturated heterocycles. The lowest BCUT2D eigenvalue weighted by Gasteiger charge is -2.10. The van der Waals surface area contributed by atoms with Gasteiger partial charge in [0.05, 0.1) is 0 Å². The van der Waals surface area contributed by atoms with E-state index in [2.05, 4.69) is 25.1 Å². The number of hydrogen-bond donors (Lipinski definition) is 0. The molecular weight excluding hydrogens is 319 g/mol. The smallest absolute Gasteiger partial charge is 0.138 e. The van der Waals surface area contributed by atoms with Crippen molar-refractivity contribution < 1.29 is 4.39 Å². The third-order valence-electron chi connectivity index (χ3n) is 4.58. The SMILES string of the molecule is CCc1ccc2c(ccc3c(F)c(-c4ccc(Cl)cc4)ccc32)c1. The molecule has 2 heteroatoms. The Labute approximate surface area is 145 Å². The molecule has 0 aliphatic rings. The van der Waals surface area contributed by atoms with Gasteiger partial charge in [-0.1, -0.05) is 73.1 Å². The largest absolute Gasteiger partial charge is 0.206 e. The summed E-state index contributed by atoms with van der Waals surface area (Å²) in [6.07, 6.45) is 0.998. The number of rotatable bonds is 2. The van der Waals surface area contributed by atoms with Gasteiger partial charge in [-0.2, -0.15) is 0 Å². The Bertz CT molecular complexity index is 1050. The second kappa shape index (κ2) is 5.92. The molecular formula is C22H16ClF. The van der Waals surface area contributed by atoms with E-state index in [4.69, 9.17) is 11.6 Å². The summed E-state index contributed by atoms with van der Waals surface area (Å²) < 4.78 is 15.1. The predicted octanol–water partition coefficient (Wildman–Crippen LogP) is 7.01. The molecule has 0 aliphatic carbocycles.